The minimum absolute atomic E-state index is 0.251. The van der Waals surface area contributed by atoms with Crippen LogP contribution in [0.5, 0.6) is 0 Å². The standard InChI is InChI=1S/C15H19NO2/c17-14(18)16-10-8-15(9-11-16)7-3-5-12-4-1-2-6-13(12)15/h1-2,4,6H,3,5,7-11H2,(H,17,18). The van der Waals surface area contributed by atoms with Gasteiger partial charge < -0.3 is 10.0 Å². The van der Waals surface area contributed by atoms with Crippen molar-refractivity contribution in [1.82, 2.24) is 4.90 Å². The Bertz CT molecular complexity index is 461. The lowest BCUT2D eigenvalue weighted by Gasteiger charge is -2.44. The fourth-order valence-electron chi connectivity index (χ4n) is 3.65. The first kappa shape index (κ1) is 11.6. The summed E-state index contributed by atoms with van der Waals surface area (Å²) in [7, 11) is 0. The molecular weight excluding hydrogens is 226 g/mol. The fourth-order valence-corrected chi connectivity index (χ4v) is 3.65. The number of piperidine rings is 1. The van der Waals surface area contributed by atoms with Gasteiger partial charge in [0.05, 0.1) is 0 Å². The molecule has 1 saturated heterocycles. The van der Waals surface area contributed by atoms with E-state index in [2.05, 4.69) is 24.3 Å². The van der Waals surface area contributed by atoms with E-state index in [0.29, 0.717) is 13.1 Å². The van der Waals surface area contributed by atoms with Gasteiger partial charge in [0.1, 0.15) is 0 Å². The third-order valence-corrected chi connectivity index (χ3v) is 4.68. The zero-order valence-electron chi connectivity index (χ0n) is 10.6. The van der Waals surface area contributed by atoms with E-state index < -0.39 is 6.09 Å². The van der Waals surface area contributed by atoms with Crippen LogP contribution in [-0.2, 0) is 11.8 Å². The topological polar surface area (TPSA) is 40.5 Å². The molecule has 1 aromatic carbocycles. The summed E-state index contributed by atoms with van der Waals surface area (Å²) in [6.07, 6.45) is 4.84. The Morgan fingerprint density at radius 3 is 2.61 bits per heavy atom. The molecule has 1 N–H and O–H groups in total. The van der Waals surface area contributed by atoms with E-state index in [1.807, 2.05) is 0 Å². The zero-order valence-corrected chi connectivity index (χ0v) is 10.6. The van der Waals surface area contributed by atoms with Gasteiger partial charge in [-0.25, -0.2) is 4.79 Å². The third-order valence-electron chi connectivity index (χ3n) is 4.68. The molecule has 3 nitrogen and oxygen atoms in total. The van der Waals surface area contributed by atoms with Crippen molar-refractivity contribution in [2.75, 3.05) is 13.1 Å². The third kappa shape index (κ3) is 1.78. The highest BCUT2D eigenvalue weighted by atomic mass is 16.4. The number of likely N-dealkylation sites (tertiary alicyclic amines) is 1. The summed E-state index contributed by atoms with van der Waals surface area (Å²) in [6, 6.07) is 8.73. The van der Waals surface area contributed by atoms with Crippen LogP contribution in [-0.4, -0.2) is 29.2 Å². The summed E-state index contributed by atoms with van der Waals surface area (Å²) in [5, 5.41) is 9.05. The van der Waals surface area contributed by atoms with Gasteiger partial charge in [0.15, 0.2) is 0 Å². The average molecular weight is 245 g/mol. The van der Waals surface area contributed by atoms with E-state index in [0.717, 1.165) is 12.8 Å². The van der Waals surface area contributed by atoms with E-state index in [1.54, 1.807) is 4.90 Å². The van der Waals surface area contributed by atoms with E-state index in [9.17, 15) is 4.79 Å². The summed E-state index contributed by atoms with van der Waals surface area (Å²) in [5.41, 5.74) is 3.22. The summed E-state index contributed by atoms with van der Waals surface area (Å²) < 4.78 is 0. The molecule has 3 heteroatoms. The van der Waals surface area contributed by atoms with Crippen molar-refractivity contribution in [2.24, 2.45) is 0 Å². The van der Waals surface area contributed by atoms with Gasteiger partial charge in [-0.2, -0.15) is 0 Å². The highest BCUT2D eigenvalue weighted by molar-refractivity contribution is 5.65. The lowest BCUT2D eigenvalue weighted by molar-refractivity contribution is 0.111. The second-order valence-electron chi connectivity index (χ2n) is 5.56. The molecule has 0 saturated carbocycles. The minimum atomic E-state index is -0.769. The molecule has 1 aliphatic heterocycles. The van der Waals surface area contributed by atoms with Crippen molar-refractivity contribution in [3.8, 4) is 0 Å². The molecule has 1 heterocycles. The number of rotatable bonds is 0. The van der Waals surface area contributed by atoms with Gasteiger partial charge in [0.2, 0.25) is 0 Å². The Morgan fingerprint density at radius 2 is 1.89 bits per heavy atom. The van der Waals surface area contributed by atoms with Crippen LogP contribution < -0.4 is 0 Å². The highest BCUT2D eigenvalue weighted by Crippen LogP contribution is 2.44. The maximum atomic E-state index is 11.0. The number of fused-ring (bicyclic) bond motifs is 2. The Morgan fingerprint density at radius 1 is 1.17 bits per heavy atom. The van der Waals surface area contributed by atoms with Crippen molar-refractivity contribution < 1.29 is 9.90 Å². The van der Waals surface area contributed by atoms with Crippen LogP contribution in [0, 0.1) is 0 Å². The van der Waals surface area contributed by atoms with Crippen LogP contribution in [0.4, 0.5) is 4.79 Å². The Hall–Kier alpha value is -1.51. The summed E-state index contributed by atoms with van der Waals surface area (Å²) >= 11 is 0. The zero-order chi connectivity index (χ0) is 12.6. The number of aryl methyl sites for hydroxylation is 1. The summed E-state index contributed by atoms with van der Waals surface area (Å²) in [6.45, 7) is 1.37. The first-order valence-electron chi connectivity index (χ1n) is 6.78. The van der Waals surface area contributed by atoms with Crippen molar-refractivity contribution in [2.45, 2.75) is 37.5 Å². The molecule has 1 aromatic rings. The second-order valence-corrected chi connectivity index (χ2v) is 5.56. The summed E-state index contributed by atoms with van der Waals surface area (Å²) in [4.78, 5) is 12.6. The number of amides is 1. The van der Waals surface area contributed by atoms with E-state index in [1.165, 1.54) is 30.4 Å². The van der Waals surface area contributed by atoms with Gasteiger partial charge in [-0.05, 0) is 48.6 Å². The molecule has 0 radical (unpaired) electrons. The molecule has 3 rings (SSSR count). The van der Waals surface area contributed by atoms with Gasteiger partial charge in [0.25, 0.3) is 0 Å². The molecule has 96 valence electrons. The quantitative estimate of drug-likeness (QED) is 0.763. The first-order valence-corrected chi connectivity index (χ1v) is 6.78. The van der Waals surface area contributed by atoms with E-state index in [-0.39, 0.29) is 5.41 Å². The molecule has 18 heavy (non-hydrogen) atoms. The molecule has 1 fully saturated rings. The number of carboxylic acid groups (broad SMARTS) is 1. The maximum Gasteiger partial charge on any atom is 0.407 e. The fraction of sp³-hybridized carbons (Fsp3) is 0.533. The second kappa shape index (κ2) is 4.30. The van der Waals surface area contributed by atoms with Gasteiger partial charge in [0, 0.05) is 13.1 Å². The normalized spacial score (nSPS) is 21.7. The lowest BCUT2D eigenvalue weighted by Crippen LogP contribution is -2.46. The van der Waals surface area contributed by atoms with Crippen LogP contribution in [0.2, 0.25) is 0 Å². The predicted octanol–water partition coefficient (Wildman–Crippen LogP) is 3.03. The van der Waals surface area contributed by atoms with Crippen LogP contribution in [0.3, 0.4) is 0 Å². The van der Waals surface area contributed by atoms with E-state index in [4.69, 9.17) is 5.11 Å². The average Bonchev–Trinajstić information content (AvgIpc) is 2.40. The van der Waals surface area contributed by atoms with Crippen molar-refractivity contribution in [3.63, 3.8) is 0 Å². The first-order chi connectivity index (χ1) is 8.71. The SMILES string of the molecule is O=C(O)N1CCC2(CCCc3ccccc32)CC1. The predicted molar refractivity (Wildman–Crippen MR) is 69.9 cm³/mol. The van der Waals surface area contributed by atoms with Gasteiger partial charge in [-0.15, -0.1) is 0 Å². The van der Waals surface area contributed by atoms with E-state index >= 15 is 0 Å². The molecule has 0 aromatic heterocycles. The van der Waals surface area contributed by atoms with Crippen molar-refractivity contribution >= 4 is 6.09 Å². The Balaban J connectivity index is 1.88. The molecule has 0 unspecified atom stereocenters. The molecule has 1 spiro atoms. The molecule has 1 aliphatic carbocycles. The number of hydrogen-bond donors (Lipinski definition) is 1. The van der Waals surface area contributed by atoms with Crippen molar-refractivity contribution in [1.29, 1.82) is 0 Å². The monoisotopic (exact) mass is 245 g/mol. The number of hydrogen-bond acceptors (Lipinski definition) is 1. The van der Waals surface area contributed by atoms with Crippen LogP contribution in [0.25, 0.3) is 0 Å². The van der Waals surface area contributed by atoms with Crippen molar-refractivity contribution in [3.05, 3.63) is 35.4 Å². The van der Waals surface area contributed by atoms with Gasteiger partial charge in [-0.1, -0.05) is 24.3 Å². The van der Waals surface area contributed by atoms with Crippen LogP contribution in [0.1, 0.15) is 36.8 Å². The number of carbonyl (C=O) groups is 1. The minimum Gasteiger partial charge on any atom is -0.465 e. The maximum absolute atomic E-state index is 11.0. The van der Waals surface area contributed by atoms with Gasteiger partial charge >= 0.3 is 6.09 Å². The summed E-state index contributed by atoms with van der Waals surface area (Å²) in [5.74, 6) is 0. The molecular formula is C15H19NO2. The highest BCUT2D eigenvalue weighted by Gasteiger charge is 2.39. The van der Waals surface area contributed by atoms with Crippen LogP contribution >= 0.6 is 0 Å². The smallest absolute Gasteiger partial charge is 0.407 e. The van der Waals surface area contributed by atoms with Crippen LogP contribution in [0.15, 0.2) is 24.3 Å². The molecule has 1 amide bonds. The molecule has 0 bridgehead atoms. The molecule has 0 atom stereocenters. The Kier molecular flexibility index (Phi) is 2.77. The number of nitrogens with zero attached hydrogens (tertiary/aromatic N) is 1. The van der Waals surface area contributed by atoms with Gasteiger partial charge in [-0.3, -0.25) is 0 Å². The Labute approximate surface area is 107 Å². The lowest BCUT2D eigenvalue weighted by atomic mass is 9.65. The number of benzene rings is 1. The molecule has 2 aliphatic rings. The largest absolute Gasteiger partial charge is 0.465 e.